The number of amides is 1. The summed E-state index contributed by atoms with van der Waals surface area (Å²) >= 11 is 6.09. The standard InChI is InChI=1S/C23H24ClN3O3/c1-27(15-21(28)16-7-3-2-4-8-16)14-18-11-12-19(23(30)26-18)22(29)25-13-17-9-5-6-10-20(17)24/h2-12,21,28H,13-15H2,1H3,(H,25,29)(H,26,30)/t21-/m1/s1. The van der Waals surface area contributed by atoms with E-state index < -0.39 is 17.6 Å². The van der Waals surface area contributed by atoms with Gasteiger partial charge in [-0.3, -0.25) is 14.5 Å². The summed E-state index contributed by atoms with van der Waals surface area (Å²) in [5.74, 6) is -0.462. The summed E-state index contributed by atoms with van der Waals surface area (Å²) in [7, 11) is 1.86. The van der Waals surface area contributed by atoms with E-state index in [1.54, 1.807) is 12.1 Å². The number of benzene rings is 2. The molecule has 1 amide bonds. The van der Waals surface area contributed by atoms with Gasteiger partial charge >= 0.3 is 0 Å². The van der Waals surface area contributed by atoms with Gasteiger partial charge in [0.2, 0.25) is 0 Å². The Hall–Kier alpha value is -2.93. The van der Waals surface area contributed by atoms with Crippen molar-refractivity contribution in [2.75, 3.05) is 13.6 Å². The van der Waals surface area contributed by atoms with Gasteiger partial charge in [-0.1, -0.05) is 60.1 Å². The van der Waals surface area contributed by atoms with Crippen molar-refractivity contribution in [3.05, 3.63) is 104 Å². The highest BCUT2D eigenvalue weighted by Crippen LogP contribution is 2.15. The highest BCUT2D eigenvalue weighted by Gasteiger charge is 2.14. The summed E-state index contributed by atoms with van der Waals surface area (Å²) < 4.78 is 0. The number of carbonyl (C=O) groups excluding carboxylic acids is 1. The highest BCUT2D eigenvalue weighted by atomic mass is 35.5. The number of halogens is 1. The Bertz CT molecular complexity index is 1050. The van der Waals surface area contributed by atoms with Crippen molar-refractivity contribution in [3.8, 4) is 0 Å². The van der Waals surface area contributed by atoms with E-state index in [4.69, 9.17) is 11.6 Å². The zero-order valence-corrected chi connectivity index (χ0v) is 17.4. The van der Waals surface area contributed by atoms with Crippen molar-refractivity contribution in [3.63, 3.8) is 0 Å². The van der Waals surface area contributed by atoms with Crippen molar-refractivity contribution in [2.45, 2.75) is 19.2 Å². The van der Waals surface area contributed by atoms with Gasteiger partial charge in [-0.15, -0.1) is 0 Å². The zero-order valence-electron chi connectivity index (χ0n) is 16.6. The third-order valence-electron chi connectivity index (χ3n) is 4.72. The molecule has 0 unspecified atom stereocenters. The number of hydrogen-bond acceptors (Lipinski definition) is 4. The number of hydrogen-bond donors (Lipinski definition) is 3. The van der Waals surface area contributed by atoms with Crippen molar-refractivity contribution >= 4 is 17.5 Å². The zero-order chi connectivity index (χ0) is 21.5. The minimum absolute atomic E-state index is 0.0396. The molecule has 0 aliphatic heterocycles. The van der Waals surface area contributed by atoms with E-state index in [1.807, 2.05) is 60.5 Å². The van der Waals surface area contributed by atoms with Crippen LogP contribution in [0, 0.1) is 0 Å². The second-order valence-electron chi connectivity index (χ2n) is 7.12. The highest BCUT2D eigenvalue weighted by molar-refractivity contribution is 6.31. The van der Waals surface area contributed by atoms with Crippen LogP contribution in [0.25, 0.3) is 0 Å². The minimum atomic E-state index is -0.627. The minimum Gasteiger partial charge on any atom is -0.387 e. The number of pyridine rings is 1. The average Bonchev–Trinajstić information content (AvgIpc) is 2.73. The van der Waals surface area contributed by atoms with Crippen LogP contribution >= 0.6 is 11.6 Å². The van der Waals surface area contributed by atoms with Crippen molar-refractivity contribution < 1.29 is 9.90 Å². The molecule has 1 aromatic heterocycles. The van der Waals surface area contributed by atoms with Gasteiger partial charge in [0.25, 0.3) is 11.5 Å². The second-order valence-corrected chi connectivity index (χ2v) is 7.53. The Morgan fingerprint density at radius 3 is 2.50 bits per heavy atom. The fourth-order valence-corrected chi connectivity index (χ4v) is 3.33. The summed E-state index contributed by atoms with van der Waals surface area (Å²) in [6, 6.07) is 19.8. The maximum Gasteiger partial charge on any atom is 0.261 e. The van der Waals surface area contributed by atoms with E-state index in [2.05, 4.69) is 10.3 Å². The van der Waals surface area contributed by atoms with Crippen LogP contribution in [0.2, 0.25) is 5.02 Å². The molecule has 30 heavy (non-hydrogen) atoms. The molecule has 0 fully saturated rings. The molecule has 6 nitrogen and oxygen atoms in total. The molecule has 3 rings (SSSR count). The second kappa shape index (κ2) is 10.2. The summed E-state index contributed by atoms with van der Waals surface area (Å²) in [5.41, 5.74) is 1.85. The van der Waals surface area contributed by atoms with Crippen molar-refractivity contribution in [2.24, 2.45) is 0 Å². The number of aliphatic hydroxyl groups excluding tert-OH is 1. The van der Waals surface area contributed by atoms with Crippen LogP contribution in [-0.4, -0.2) is 34.5 Å². The Labute approximate surface area is 180 Å². The number of likely N-dealkylation sites (N-methyl/N-ethyl adjacent to an activating group) is 1. The Balaban J connectivity index is 1.58. The molecule has 1 atom stereocenters. The van der Waals surface area contributed by atoms with Crippen LogP contribution in [0.15, 0.2) is 71.5 Å². The van der Waals surface area contributed by atoms with E-state index in [1.165, 1.54) is 6.07 Å². The van der Waals surface area contributed by atoms with Gasteiger partial charge in [0.15, 0.2) is 0 Å². The van der Waals surface area contributed by atoms with Gasteiger partial charge in [-0.25, -0.2) is 0 Å². The van der Waals surface area contributed by atoms with Crippen LogP contribution in [0.4, 0.5) is 0 Å². The lowest BCUT2D eigenvalue weighted by Gasteiger charge is -2.20. The predicted molar refractivity (Wildman–Crippen MR) is 117 cm³/mol. The molecular formula is C23H24ClN3O3. The largest absolute Gasteiger partial charge is 0.387 e. The molecule has 1 heterocycles. The van der Waals surface area contributed by atoms with E-state index in [9.17, 15) is 14.7 Å². The number of rotatable bonds is 8. The van der Waals surface area contributed by atoms with Gasteiger partial charge in [0, 0.05) is 30.4 Å². The van der Waals surface area contributed by atoms with Gasteiger partial charge in [0.1, 0.15) is 5.56 Å². The quantitative estimate of drug-likeness (QED) is 0.517. The number of carbonyl (C=O) groups is 1. The molecule has 0 aliphatic carbocycles. The first kappa shape index (κ1) is 21.8. The third kappa shape index (κ3) is 5.79. The Morgan fingerprint density at radius 1 is 1.10 bits per heavy atom. The predicted octanol–water partition coefficient (Wildman–Crippen LogP) is 3.12. The van der Waals surface area contributed by atoms with Crippen LogP contribution in [0.3, 0.4) is 0 Å². The van der Waals surface area contributed by atoms with Crippen LogP contribution in [-0.2, 0) is 13.1 Å². The van der Waals surface area contributed by atoms with E-state index in [-0.39, 0.29) is 12.1 Å². The molecular weight excluding hydrogens is 402 g/mol. The number of H-pyrrole nitrogens is 1. The molecule has 7 heteroatoms. The first-order valence-corrected chi connectivity index (χ1v) is 9.97. The molecule has 0 aliphatic rings. The van der Waals surface area contributed by atoms with Crippen LogP contribution < -0.4 is 10.9 Å². The summed E-state index contributed by atoms with van der Waals surface area (Å²) in [5, 5.41) is 13.6. The lowest BCUT2D eigenvalue weighted by molar-refractivity contribution is 0.0949. The number of aliphatic hydroxyl groups is 1. The fraction of sp³-hybridized carbons (Fsp3) is 0.217. The lowest BCUT2D eigenvalue weighted by Crippen LogP contribution is -2.31. The smallest absolute Gasteiger partial charge is 0.261 e. The average molecular weight is 426 g/mol. The number of nitrogens with zero attached hydrogens (tertiary/aromatic N) is 1. The first-order valence-electron chi connectivity index (χ1n) is 9.59. The van der Waals surface area contributed by atoms with Gasteiger partial charge in [-0.05, 0) is 36.4 Å². The molecule has 156 valence electrons. The molecule has 0 saturated heterocycles. The molecule has 0 radical (unpaired) electrons. The monoisotopic (exact) mass is 425 g/mol. The maximum atomic E-state index is 12.4. The normalized spacial score (nSPS) is 12.0. The van der Waals surface area contributed by atoms with Crippen LogP contribution in [0.5, 0.6) is 0 Å². The van der Waals surface area contributed by atoms with E-state index in [0.717, 1.165) is 11.1 Å². The van der Waals surface area contributed by atoms with Gasteiger partial charge < -0.3 is 15.4 Å². The topological polar surface area (TPSA) is 85.4 Å². The number of aromatic amines is 1. The maximum absolute atomic E-state index is 12.4. The number of nitrogens with one attached hydrogen (secondary N) is 2. The number of aromatic nitrogens is 1. The third-order valence-corrected chi connectivity index (χ3v) is 5.09. The molecule has 0 saturated carbocycles. The summed E-state index contributed by atoms with van der Waals surface area (Å²) in [6.07, 6.45) is -0.627. The molecule has 3 N–H and O–H groups in total. The summed E-state index contributed by atoms with van der Waals surface area (Å²) in [6.45, 7) is 1.08. The Kier molecular flexibility index (Phi) is 7.41. The van der Waals surface area contributed by atoms with Gasteiger partial charge in [-0.2, -0.15) is 0 Å². The fourth-order valence-electron chi connectivity index (χ4n) is 3.13. The molecule has 3 aromatic rings. The van der Waals surface area contributed by atoms with E-state index in [0.29, 0.717) is 23.8 Å². The molecule has 0 bridgehead atoms. The molecule has 2 aromatic carbocycles. The first-order chi connectivity index (χ1) is 14.4. The summed E-state index contributed by atoms with van der Waals surface area (Å²) in [4.78, 5) is 29.4. The van der Waals surface area contributed by atoms with Crippen LogP contribution in [0.1, 0.15) is 33.3 Å². The van der Waals surface area contributed by atoms with E-state index >= 15 is 0 Å². The SMILES string of the molecule is CN(Cc1ccc(C(=O)NCc2ccccc2Cl)c(=O)[nH]1)C[C@@H](O)c1ccccc1. The van der Waals surface area contributed by atoms with Crippen molar-refractivity contribution in [1.29, 1.82) is 0 Å². The molecule has 0 spiro atoms. The lowest BCUT2D eigenvalue weighted by atomic mass is 10.1. The van der Waals surface area contributed by atoms with Crippen molar-refractivity contribution in [1.82, 2.24) is 15.2 Å². The van der Waals surface area contributed by atoms with Gasteiger partial charge in [0.05, 0.1) is 6.10 Å². The Morgan fingerprint density at radius 2 is 1.80 bits per heavy atom.